The number of likely N-dealkylation sites (tertiary alicyclic amines) is 1. The molecule has 1 saturated heterocycles. The van der Waals surface area contributed by atoms with E-state index in [1.807, 2.05) is 44.6 Å². The van der Waals surface area contributed by atoms with Crippen LogP contribution in [-0.2, 0) is 0 Å². The van der Waals surface area contributed by atoms with Crippen LogP contribution in [0.5, 0.6) is 0 Å². The summed E-state index contributed by atoms with van der Waals surface area (Å²) in [7, 11) is 3.85. The van der Waals surface area contributed by atoms with Gasteiger partial charge < -0.3 is 20.0 Å². The first-order valence-corrected chi connectivity index (χ1v) is 11.2. The number of carbonyl (C=O) groups excluding carboxylic acids is 1. The van der Waals surface area contributed by atoms with E-state index in [4.69, 9.17) is 0 Å². The molecule has 1 aromatic heterocycles. The number of fused-ring (bicyclic) bond motifs is 2. The largest absolute Gasteiger partial charge is 0.367 e. The molecule has 0 spiro atoms. The Hall–Kier alpha value is -2.60. The molecule has 1 amide bonds. The molecule has 5 rings (SSSR count). The molecule has 6 heteroatoms. The van der Waals surface area contributed by atoms with Crippen LogP contribution in [0, 0.1) is 0 Å². The van der Waals surface area contributed by atoms with Crippen molar-refractivity contribution in [1.82, 2.24) is 9.88 Å². The summed E-state index contributed by atoms with van der Waals surface area (Å²) in [5.41, 5.74) is 3.48. The normalized spacial score (nSPS) is 24.4. The van der Waals surface area contributed by atoms with Crippen LogP contribution in [0.15, 0.2) is 36.5 Å². The van der Waals surface area contributed by atoms with E-state index in [9.17, 15) is 4.79 Å². The predicted molar refractivity (Wildman–Crippen MR) is 122 cm³/mol. The highest BCUT2D eigenvalue weighted by Gasteiger charge is 2.29. The summed E-state index contributed by atoms with van der Waals surface area (Å²) >= 11 is 0. The Balaban J connectivity index is 1.34. The Morgan fingerprint density at radius 3 is 2.43 bits per heavy atom. The van der Waals surface area contributed by atoms with Gasteiger partial charge in [-0.15, -0.1) is 0 Å². The molecule has 0 unspecified atom stereocenters. The number of aromatic nitrogens is 1. The zero-order valence-corrected chi connectivity index (χ0v) is 18.0. The molecule has 2 aromatic rings. The van der Waals surface area contributed by atoms with E-state index < -0.39 is 0 Å². The van der Waals surface area contributed by atoms with Crippen molar-refractivity contribution in [3.8, 4) is 0 Å². The Kier molecular flexibility index (Phi) is 5.11. The molecule has 3 heterocycles. The molecule has 1 aromatic carbocycles. The maximum atomic E-state index is 12.9. The molecule has 2 aliphatic heterocycles. The summed E-state index contributed by atoms with van der Waals surface area (Å²) in [5, 5.41) is 3.67. The summed E-state index contributed by atoms with van der Waals surface area (Å²) in [4.78, 5) is 24.1. The van der Waals surface area contributed by atoms with Gasteiger partial charge in [0.25, 0.3) is 5.91 Å². The molecule has 1 N–H and O–H groups in total. The molecule has 0 atom stereocenters. The van der Waals surface area contributed by atoms with Crippen LogP contribution < -0.4 is 15.1 Å². The standard InChI is InChI=1S/C24H31N5O/c1-27-20-8-4-3-7-19(20)24(30)28(2)22-16-25-23(15-21(22)27)26-17-9-11-18(12-10-17)29-13-5-6-14-29/h3-4,7-8,15-18H,5-6,9-14H2,1-2H3,(H,25,26). The average molecular weight is 406 g/mol. The number of nitrogens with one attached hydrogen (secondary N) is 1. The molecule has 158 valence electrons. The second-order valence-corrected chi connectivity index (χ2v) is 8.89. The van der Waals surface area contributed by atoms with Gasteiger partial charge in [-0.1, -0.05) is 12.1 Å². The number of amides is 1. The Morgan fingerprint density at radius 2 is 1.67 bits per heavy atom. The second-order valence-electron chi connectivity index (χ2n) is 8.89. The monoisotopic (exact) mass is 405 g/mol. The minimum atomic E-state index is -0.000978. The van der Waals surface area contributed by atoms with Crippen molar-refractivity contribution in [3.05, 3.63) is 42.1 Å². The number of pyridine rings is 1. The van der Waals surface area contributed by atoms with Crippen molar-refractivity contribution in [3.63, 3.8) is 0 Å². The minimum Gasteiger partial charge on any atom is -0.367 e. The summed E-state index contributed by atoms with van der Waals surface area (Å²) in [6.45, 7) is 2.57. The fourth-order valence-corrected chi connectivity index (χ4v) is 5.31. The van der Waals surface area contributed by atoms with Gasteiger partial charge in [-0.25, -0.2) is 4.98 Å². The lowest BCUT2D eigenvalue weighted by Crippen LogP contribution is -2.39. The smallest absolute Gasteiger partial charge is 0.260 e. The minimum absolute atomic E-state index is 0.000978. The van der Waals surface area contributed by atoms with Crippen molar-refractivity contribution in [1.29, 1.82) is 0 Å². The van der Waals surface area contributed by atoms with Gasteiger partial charge in [0.1, 0.15) is 5.82 Å². The van der Waals surface area contributed by atoms with Crippen LogP contribution in [0.3, 0.4) is 0 Å². The third-order valence-corrected chi connectivity index (χ3v) is 7.09. The van der Waals surface area contributed by atoms with Crippen LogP contribution in [0.1, 0.15) is 48.9 Å². The second kappa shape index (κ2) is 7.91. The lowest BCUT2D eigenvalue weighted by molar-refractivity contribution is 0.0994. The van der Waals surface area contributed by atoms with Gasteiger partial charge >= 0.3 is 0 Å². The maximum Gasteiger partial charge on any atom is 0.260 e. The highest BCUT2D eigenvalue weighted by Crippen LogP contribution is 2.40. The first-order chi connectivity index (χ1) is 14.6. The fourth-order valence-electron chi connectivity index (χ4n) is 5.31. The zero-order valence-electron chi connectivity index (χ0n) is 18.0. The summed E-state index contributed by atoms with van der Waals surface area (Å²) < 4.78 is 0. The van der Waals surface area contributed by atoms with E-state index in [2.05, 4.69) is 26.2 Å². The van der Waals surface area contributed by atoms with Crippen LogP contribution in [-0.4, -0.2) is 55.1 Å². The van der Waals surface area contributed by atoms with Gasteiger partial charge in [0.05, 0.1) is 28.8 Å². The lowest BCUT2D eigenvalue weighted by atomic mass is 9.90. The molecule has 6 nitrogen and oxygen atoms in total. The van der Waals surface area contributed by atoms with Gasteiger partial charge in [-0.3, -0.25) is 4.79 Å². The van der Waals surface area contributed by atoms with Crippen molar-refractivity contribution < 1.29 is 4.79 Å². The molecule has 0 bridgehead atoms. The number of carbonyl (C=O) groups is 1. The van der Waals surface area contributed by atoms with Crippen LogP contribution in [0.4, 0.5) is 22.9 Å². The molecule has 3 aliphatic rings. The number of benzene rings is 1. The number of hydrogen-bond donors (Lipinski definition) is 1. The van der Waals surface area contributed by atoms with Gasteiger partial charge in [-0.2, -0.15) is 0 Å². The highest BCUT2D eigenvalue weighted by molar-refractivity contribution is 6.13. The van der Waals surface area contributed by atoms with E-state index in [-0.39, 0.29) is 5.91 Å². The lowest BCUT2D eigenvalue weighted by Gasteiger charge is -2.35. The Labute approximate surface area is 178 Å². The molecular formula is C24H31N5O. The molecule has 2 fully saturated rings. The fraction of sp³-hybridized carbons (Fsp3) is 0.500. The van der Waals surface area contributed by atoms with E-state index >= 15 is 0 Å². The van der Waals surface area contributed by atoms with Crippen molar-refractivity contribution >= 4 is 28.8 Å². The van der Waals surface area contributed by atoms with Gasteiger partial charge in [0.2, 0.25) is 0 Å². The first kappa shape index (κ1) is 19.4. The quantitative estimate of drug-likeness (QED) is 0.827. The molecule has 1 saturated carbocycles. The van der Waals surface area contributed by atoms with E-state index in [0.29, 0.717) is 11.6 Å². The zero-order chi connectivity index (χ0) is 20.7. The molecule has 1 aliphatic carbocycles. The number of anilines is 4. The van der Waals surface area contributed by atoms with Crippen LogP contribution in [0.25, 0.3) is 0 Å². The predicted octanol–water partition coefficient (Wildman–Crippen LogP) is 4.26. The summed E-state index contributed by atoms with van der Waals surface area (Å²) in [5.74, 6) is 0.893. The van der Waals surface area contributed by atoms with Crippen LogP contribution in [0.2, 0.25) is 0 Å². The average Bonchev–Trinajstić information content (AvgIpc) is 3.31. The first-order valence-electron chi connectivity index (χ1n) is 11.2. The Morgan fingerprint density at radius 1 is 0.933 bits per heavy atom. The summed E-state index contributed by atoms with van der Waals surface area (Å²) in [6, 6.07) is 11.1. The number of nitrogens with zero attached hydrogens (tertiary/aromatic N) is 4. The number of para-hydroxylation sites is 1. The van der Waals surface area contributed by atoms with Crippen LogP contribution >= 0.6 is 0 Å². The van der Waals surface area contributed by atoms with E-state index in [1.54, 1.807) is 4.90 Å². The highest BCUT2D eigenvalue weighted by atomic mass is 16.2. The summed E-state index contributed by atoms with van der Waals surface area (Å²) in [6.07, 6.45) is 9.48. The SMILES string of the molecule is CN1C(=O)c2ccccc2N(C)c2cc(NC3CCC(N4CCCC4)CC3)ncc21. The number of rotatable bonds is 3. The number of hydrogen-bond acceptors (Lipinski definition) is 5. The van der Waals surface area contributed by atoms with Crippen molar-refractivity contribution in [2.24, 2.45) is 0 Å². The van der Waals surface area contributed by atoms with E-state index in [1.165, 1.54) is 51.6 Å². The van der Waals surface area contributed by atoms with E-state index in [0.717, 1.165) is 28.9 Å². The Bertz CT molecular complexity index is 931. The van der Waals surface area contributed by atoms with Crippen molar-refractivity contribution in [2.45, 2.75) is 50.6 Å². The molecule has 0 radical (unpaired) electrons. The molecular weight excluding hydrogens is 374 g/mol. The maximum absolute atomic E-state index is 12.9. The third-order valence-electron chi connectivity index (χ3n) is 7.09. The van der Waals surface area contributed by atoms with Gasteiger partial charge in [0, 0.05) is 32.2 Å². The topological polar surface area (TPSA) is 51.7 Å². The van der Waals surface area contributed by atoms with Gasteiger partial charge in [0.15, 0.2) is 0 Å². The van der Waals surface area contributed by atoms with Crippen molar-refractivity contribution in [2.75, 3.05) is 42.3 Å². The molecule has 30 heavy (non-hydrogen) atoms. The third kappa shape index (κ3) is 3.43. The van der Waals surface area contributed by atoms with Gasteiger partial charge in [-0.05, 0) is 63.7 Å².